The van der Waals surface area contributed by atoms with Crippen LogP contribution in [0.2, 0.25) is 0 Å². The Hall–Kier alpha value is -3.06. The van der Waals surface area contributed by atoms with Crippen molar-refractivity contribution >= 4 is 34.8 Å². The predicted octanol–water partition coefficient (Wildman–Crippen LogP) is 3.69. The van der Waals surface area contributed by atoms with Crippen molar-refractivity contribution in [3.63, 3.8) is 0 Å². The molecule has 2 amide bonds. The number of nitrogens with one attached hydrogen (secondary N) is 1. The molecular formula is C21H20N2O4S. The van der Waals surface area contributed by atoms with E-state index in [1.165, 1.54) is 6.92 Å². The average Bonchev–Trinajstić information content (AvgIpc) is 2.99. The number of methoxy groups -OCH3 is 1. The van der Waals surface area contributed by atoms with E-state index in [2.05, 4.69) is 10.3 Å². The van der Waals surface area contributed by atoms with Crippen LogP contribution >= 0.6 is 11.8 Å². The van der Waals surface area contributed by atoms with Gasteiger partial charge < -0.3 is 14.8 Å². The molecule has 1 aliphatic heterocycles. The van der Waals surface area contributed by atoms with Crippen molar-refractivity contribution in [3.05, 3.63) is 64.1 Å². The molecule has 0 bridgehead atoms. The summed E-state index contributed by atoms with van der Waals surface area (Å²) in [7, 11) is 1.57. The molecule has 0 aliphatic carbocycles. The van der Waals surface area contributed by atoms with Crippen molar-refractivity contribution in [1.82, 2.24) is 5.32 Å². The molecule has 1 aliphatic rings. The summed E-state index contributed by atoms with van der Waals surface area (Å²) < 4.78 is 11.4. The first-order valence-electron chi connectivity index (χ1n) is 8.62. The number of carbonyl (C=O) groups excluding carboxylic acids is 2. The van der Waals surface area contributed by atoms with Gasteiger partial charge in [-0.1, -0.05) is 30.3 Å². The second-order valence-corrected chi connectivity index (χ2v) is 7.17. The molecular weight excluding hydrogens is 376 g/mol. The molecule has 0 saturated carbocycles. The van der Waals surface area contributed by atoms with Crippen LogP contribution < -0.4 is 14.8 Å². The van der Waals surface area contributed by atoms with E-state index in [9.17, 15) is 9.59 Å². The van der Waals surface area contributed by atoms with Crippen molar-refractivity contribution in [2.45, 2.75) is 20.5 Å². The number of hydrogen-bond acceptors (Lipinski definition) is 5. The van der Waals surface area contributed by atoms with Gasteiger partial charge in [-0.15, -0.1) is 0 Å². The first-order valence-corrected chi connectivity index (χ1v) is 9.43. The number of benzene rings is 2. The molecule has 0 aromatic heterocycles. The molecule has 3 rings (SSSR count). The molecule has 1 heterocycles. The van der Waals surface area contributed by atoms with Gasteiger partial charge in [0.1, 0.15) is 6.61 Å². The highest BCUT2D eigenvalue weighted by Gasteiger charge is 2.22. The van der Waals surface area contributed by atoms with E-state index >= 15 is 0 Å². The lowest BCUT2D eigenvalue weighted by molar-refractivity contribution is -0.117. The number of amidine groups is 1. The number of aliphatic imine (C=N–C) groups is 1. The van der Waals surface area contributed by atoms with Gasteiger partial charge in [0.15, 0.2) is 16.7 Å². The quantitative estimate of drug-likeness (QED) is 0.780. The van der Waals surface area contributed by atoms with Crippen LogP contribution in [-0.4, -0.2) is 24.1 Å². The number of rotatable bonds is 5. The van der Waals surface area contributed by atoms with Crippen molar-refractivity contribution in [2.75, 3.05) is 7.11 Å². The van der Waals surface area contributed by atoms with Gasteiger partial charge in [0.2, 0.25) is 5.91 Å². The second-order valence-electron chi connectivity index (χ2n) is 6.14. The maximum Gasteiger partial charge on any atom is 0.286 e. The van der Waals surface area contributed by atoms with E-state index in [4.69, 9.17) is 9.47 Å². The first-order chi connectivity index (χ1) is 13.5. The van der Waals surface area contributed by atoms with Crippen LogP contribution in [0.1, 0.15) is 23.6 Å². The molecule has 2 aromatic carbocycles. The lowest BCUT2D eigenvalue weighted by Crippen LogP contribution is -2.23. The Labute approximate surface area is 167 Å². The standard InChI is InChI=1S/C21H20N2O4S/c1-13-6-4-5-7-16(13)12-27-17-9-8-15(10-18(17)26-3)11-19-20(25)23-21(28-19)22-14(2)24/h4-11H,12H2,1-3H3,(H,22,23,24,25)/b19-11-. The Morgan fingerprint density at radius 1 is 1.21 bits per heavy atom. The lowest BCUT2D eigenvalue weighted by atomic mass is 10.1. The highest BCUT2D eigenvalue weighted by molar-refractivity contribution is 8.18. The molecule has 0 radical (unpaired) electrons. The van der Waals surface area contributed by atoms with E-state index in [0.29, 0.717) is 23.0 Å². The zero-order chi connectivity index (χ0) is 20.1. The number of amides is 2. The minimum atomic E-state index is -0.382. The number of hydrogen-bond donors (Lipinski definition) is 1. The van der Waals surface area contributed by atoms with Gasteiger partial charge in [0.05, 0.1) is 12.0 Å². The van der Waals surface area contributed by atoms with E-state index < -0.39 is 0 Å². The summed E-state index contributed by atoms with van der Waals surface area (Å²) in [4.78, 5) is 27.4. The van der Waals surface area contributed by atoms with Crippen LogP contribution in [0.4, 0.5) is 0 Å². The highest BCUT2D eigenvalue weighted by Crippen LogP contribution is 2.32. The molecule has 7 heteroatoms. The van der Waals surface area contributed by atoms with Crippen LogP contribution in [0.3, 0.4) is 0 Å². The van der Waals surface area contributed by atoms with Gasteiger partial charge in [0, 0.05) is 6.92 Å². The monoisotopic (exact) mass is 396 g/mol. The first kappa shape index (κ1) is 19.7. The average molecular weight is 396 g/mol. The third-order valence-electron chi connectivity index (χ3n) is 4.03. The Kier molecular flexibility index (Phi) is 6.16. The van der Waals surface area contributed by atoms with Crippen molar-refractivity contribution < 1.29 is 19.1 Å². The van der Waals surface area contributed by atoms with Gasteiger partial charge in [0.25, 0.3) is 5.91 Å². The summed E-state index contributed by atoms with van der Waals surface area (Å²) in [5.74, 6) is 0.541. The van der Waals surface area contributed by atoms with E-state index in [-0.39, 0.29) is 17.0 Å². The normalized spacial score (nSPS) is 14.8. The zero-order valence-corrected chi connectivity index (χ0v) is 16.6. The molecule has 0 atom stereocenters. The van der Waals surface area contributed by atoms with E-state index in [0.717, 1.165) is 28.5 Å². The number of ether oxygens (including phenoxy) is 2. The minimum absolute atomic E-state index is 0.267. The van der Waals surface area contributed by atoms with Crippen molar-refractivity contribution in [3.8, 4) is 11.5 Å². The fourth-order valence-corrected chi connectivity index (χ4v) is 3.44. The van der Waals surface area contributed by atoms with Crippen LogP contribution in [0, 0.1) is 6.92 Å². The van der Waals surface area contributed by atoms with Gasteiger partial charge in [-0.2, -0.15) is 4.99 Å². The number of nitrogens with zero attached hydrogens (tertiary/aromatic N) is 1. The van der Waals surface area contributed by atoms with E-state index in [1.807, 2.05) is 43.3 Å². The molecule has 28 heavy (non-hydrogen) atoms. The molecule has 6 nitrogen and oxygen atoms in total. The molecule has 2 aromatic rings. The molecule has 0 spiro atoms. The molecule has 0 unspecified atom stereocenters. The predicted molar refractivity (Wildman–Crippen MR) is 110 cm³/mol. The fraction of sp³-hybridized carbons (Fsp3) is 0.190. The van der Waals surface area contributed by atoms with E-state index in [1.54, 1.807) is 19.3 Å². The Morgan fingerprint density at radius 2 is 2.00 bits per heavy atom. The minimum Gasteiger partial charge on any atom is -0.493 e. The van der Waals surface area contributed by atoms with Crippen LogP contribution in [0.25, 0.3) is 6.08 Å². The Balaban J connectivity index is 1.74. The van der Waals surface area contributed by atoms with Crippen molar-refractivity contribution in [2.24, 2.45) is 4.99 Å². The third kappa shape index (κ3) is 4.80. The summed E-state index contributed by atoms with van der Waals surface area (Å²) in [6, 6.07) is 13.5. The lowest BCUT2D eigenvalue weighted by Gasteiger charge is -2.12. The van der Waals surface area contributed by atoms with Gasteiger partial charge in [-0.25, -0.2) is 0 Å². The fourth-order valence-electron chi connectivity index (χ4n) is 2.59. The molecule has 1 N–H and O–H groups in total. The number of thioether (sulfide) groups is 1. The molecule has 0 fully saturated rings. The molecule has 0 saturated heterocycles. The maximum atomic E-state index is 12.0. The van der Waals surface area contributed by atoms with Crippen LogP contribution in [-0.2, 0) is 16.2 Å². The third-order valence-corrected chi connectivity index (χ3v) is 4.93. The van der Waals surface area contributed by atoms with Crippen LogP contribution in [0.15, 0.2) is 52.4 Å². The Morgan fingerprint density at radius 3 is 2.71 bits per heavy atom. The smallest absolute Gasteiger partial charge is 0.286 e. The van der Waals surface area contributed by atoms with Crippen molar-refractivity contribution in [1.29, 1.82) is 0 Å². The van der Waals surface area contributed by atoms with Gasteiger partial charge >= 0.3 is 0 Å². The molecule has 144 valence electrons. The second kappa shape index (κ2) is 8.75. The van der Waals surface area contributed by atoms with Gasteiger partial charge in [-0.05, 0) is 53.6 Å². The summed E-state index contributed by atoms with van der Waals surface area (Å²) in [6.45, 7) is 3.85. The summed E-state index contributed by atoms with van der Waals surface area (Å²) in [6.07, 6.45) is 1.71. The maximum absolute atomic E-state index is 12.0. The van der Waals surface area contributed by atoms with Gasteiger partial charge in [-0.3, -0.25) is 9.59 Å². The highest BCUT2D eigenvalue weighted by atomic mass is 32.2. The summed E-state index contributed by atoms with van der Waals surface area (Å²) >= 11 is 1.13. The number of carbonyl (C=O) groups is 2. The summed E-state index contributed by atoms with van der Waals surface area (Å²) in [5.41, 5.74) is 3.04. The number of aryl methyl sites for hydroxylation is 1. The largest absolute Gasteiger partial charge is 0.493 e. The SMILES string of the molecule is COc1cc(/C=C2\SC(NC(C)=O)=NC2=O)ccc1OCc1ccccc1C. The summed E-state index contributed by atoms with van der Waals surface area (Å²) in [5, 5.41) is 2.81. The van der Waals surface area contributed by atoms with Crippen LogP contribution in [0.5, 0.6) is 11.5 Å². The zero-order valence-electron chi connectivity index (χ0n) is 15.8. The topological polar surface area (TPSA) is 77.0 Å². The Bertz CT molecular complexity index is 982.